The zero-order valence-electron chi connectivity index (χ0n) is 23.9. The lowest BCUT2D eigenvalue weighted by atomic mass is 10.1. The molecule has 0 saturated heterocycles. The molecule has 3 aromatic carbocycles. The summed E-state index contributed by atoms with van der Waals surface area (Å²) in [6.07, 6.45) is 0.733. The van der Waals surface area contributed by atoms with Crippen LogP contribution in [-0.2, 0) is 26.2 Å². The van der Waals surface area contributed by atoms with E-state index >= 15 is 0 Å². The van der Waals surface area contributed by atoms with Gasteiger partial charge in [-0.1, -0.05) is 52.7 Å². The van der Waals surface area contributed by atoms with Gasteiger partial charge in [0.2, 0.25) is 11.8 Å². The molecule has 0 aliphatic heterocycles. The van der Waals surface area contributed by atoms with Crippen LogP contribution in [0.15, 0.2) is 76.1 Å². The summed E-state index contributed by atoms with van der Waals surface area (Å²) in [4.78, 5) is 28.5. The second-order valence-electron chi connectivity index (χ2n) is 9.48. The molecule has 11 heteroatoms. The Labute approximate surface area is 250 Å². The fourth-order valence-corrected chi connectivity index (χ4v) is 5.79. The van der Waals surface area contributed by atoms with Crippen molar-refractivity contribution in [3.63, 3.8) is 0 Å². The second kappa shape index (κ2) is 14.4. The predicted octanol–water partition coefficient (Wildman–Crippen LogP) is 4.91. The number of nitrogens with zero attached hydrogens (tertiary/aromatic N) is 2. The summed E-state index contributed by atoms with van der Waals surface area (Å²) < 4.78 is 40.9. The first-order valence-corrected chi connectivity index (χ1v) is 15.4. The van der Waals surface area contributed by atoms with E-state index in [9.17, 15) is 18.0 Å². The highest BCUT2D eigenvalue weighted by atomic mass is 79.9. The summed E-state index contributed by atoms with van der Waals surface area (Å²) in [6.45, 7) is 5.39. The third kappa shape index (κ3) is 8.01. The van der Waals surface area contributed by atoms with Crippen molar-refractivity contribution >= 4 is 43.5 Å². The van der Waals surface area contributed by atoms with Gasteiger partial charge < -0.3 is 19.7 Å². The van der Waals surface area contributed by atoms with E-state index in [1.807, 2.05) is 38.1 Å². The third-order valence-corrected chi connectivity index (χ3v) is 8.83. The molecule has 9 nitrogen and oxygen atoms in total. The number of aryl methyl sites for hydroxylation is 1. The molecule has 3 rings (SSSR count). The predicted molar refractivity (Wildman–Crippen MR) is 163 cm³/mol. The fourth-order valence-electron chi connectivity index (χ4n) is 4.11. The number of nitrogens with one attached hydrogen (secondary N) is 1. The van der Waals surface area contributed by atoms with Crippen molar-refractivity contribution in [2.75, 3.05) is 31.6 Å². The van der Waals surface area contributed by atoms with Crippen LogP contribution in [0.3, 0.4) is 0 Å². The maximum absolute atomic E-state index is 14.1. The van der Waals surface area contributed by atoms with E-state index in [-0.39, 0.29) is 28.8 Å². The minimum atomic E-state index is -4.25. The van der Waals surface area contributed by atoms with Crippen LogP contribution in [0.2, 0.25) is 0 Å². The highest BCUT2D eigenvalue weighted by Gasteiger charge is 2.34. The van der Waals surface area contributed by atoms with E-state index in [0.29, 0.717) is 12.3 Å². The Morgan fingerprint density at radius 1 is 0.976 bits per heavy atom. The Hall–Kier alpha value is -3.57. The Balaban J connectivity index is 2.10. The van der Waals surface area contributed by atoms with Gasteiger partial charge in [0.05, 0.1) is 24.8 Å². The molecule has 0 radical (unpaired) electrons. The van der Waals surface area contributed by atoms with Crippen LogP contribution in [0, 0.1) is 6.92 Å². The number of benzene rings is 3. The number of amides is 2. The number of hydrogen-bond donors (Lipinski definition) is 1. The van der Waals surface area contributed by atoms with Crippen LogP contribution in [0.1, 0.15) is 31.4 Å². The number of ether oxygens (including phenoxy) is 2. The van der Waals surface area contributed by atoms with Crippen molar-refractivity contribution in [2.45, 2.75) is 44.7 Å². The Kier molecular flexibility index (Phi) is 11.2. The lowest BCUT2D eigenvalue weighted by Gasteiger charge is -2.32. The number of carbonyl (C=O) groups excluding carboxylic acids is 2. The quantitative estimate of drug-likeness (QED) is 0.283. The molecule has 0 unspecified atom stereocenters. The van der Waals surface area contributed by atoms with Gasteiger partial charge in [0, 0.05) is 23.6 Å². The molecular formula is C30H36BrN3O6S. The molecule has 0 aliphatic carbocycles. The van der Waals surface area contributed by atoms with Gasteiger partial charge in [-0.25, -0.2) is 8.42 Å². The largest absolute Gasteiger partial charge is 0.497 e. The first kappa shape index (κ1) is 32.0. The van der Waals surface area contributed by atoms with Gasteiger partial charge in [0.1, 0.15) is 24.1 Å². The van der Waals surface area contributed by atoms with Crippen LogP contribution >= 0.6 is 15.9 Å². The van der Waals surface area contributed by atoms with Gasteiger partial charge in [0.15, 0.2) is 0 Å². The summed E-state index contributed by atoms with van der Waals surface area (Å²) in [5, 5.41) is 2.83. The van der Waals surface area contributed by atoms with Gasteiger partial charge in [-0.05, 0) is 62.2 Å². The molecule has 0 aromatic heterocycles. The van der Waals surface area contributed by atoms with Crippen molar-refractivity contribution in [3.05, 3.63) is 82.3 Å². The first-order chi connectivity index (χ1) is 19.5. The molecular weight excluding hydrogens is 610 g/mol. The van der Waals surface area contributed by atoms with Gasteiger partial charge >= 0.3 is 0 Å². The smallest absolute Gasteiger partial charge is 0.264 e. The van der Waals surface area contributed by atoms with Crippen LogP contribution in [0.4, 0.5) is 5.69 Å². The van der Waals surface area contributed by atoms with E-state index in [0.717, 1.165) is 26.3 Å². The van der Waals surface area contributed by atoms with E-state index in [1.54, 1.807) is 31.2 Å². The monoisotopic (exact) mass is 645 g/mol. The number of carbonyl (C=O) groups is 2. The third-order valence-electron chi connectivity index (χ3n) is 6.53. The molecule has 1 atom stereocenters. The number of anilines is 1. The molecule has 0 saturated carbocycles. The van der Waals surface area contributed by atoms with Gasteiger partial charge in [-0.2, -0.15) is 0 Å². The number of sulfonamides is 1. The number of hydrogen-bond acceptors (Lipinski definition) is 6. The zero-order chi connectivity index (χ0) is 30.2. The summed E-state index contributed by atoms with van der Waals surface area (Å²) in [5.41, 5.74) is 1.80. The molecule has 41 heavy (non-hydrogen) atoms. The lowest BCUT2D eigenvalue weighted by Crippen LogP contribution is -2.51. The SMILES string of the molecule is CCCNC(=O)[C@H](C)N(Cc1ccc(Br)cc1)C(=O)CN(c1cc(OC)ccc1OC)S(=O)(=O)c1ccc(C)cc1. The van der Waals surface area contributed by atoms with Crippen LogP contribution in [-0.4, -0.2) is 58.5 Å². The van der Waals surface area contributed by atoms with Crippen molar-refractivity contribution in [3.8, 4) is 11.5 Å². The average Bonchev–Trinajstić information content (AvgIpc) is 2.97. The standard InChI is InChI=1S/C30H36BrN3O6S/c1-6-17-32-30(36)22(3)33(19-23-9-11-24(31)12-10-23)29(35)20-34(27-18-25(39-4)13-16-28(27)40-5)41(37,38)26-14-7-21(2)8-15-26/h7-16,18,22H,6,17,19-20H2,1-5H3,(H,32,36)/t22-/m0/s1. The maximum atomic E-state index is 14.1. The van der Waals surface area contributed by atoms with Gasteiger partial charge in [0.25, 0.3) is 10.0 Å². The molecule has 1 N–H and O–H groups in total. The number of methoxy groups -OCH3 is 2. The molecule has 220 valence electrons. The Bertz CT molecular complexity index is 1450. The van der Waals surface area contributed by atoms with Crippen LogP contribution in [0.25, 0.3) is 0 Å². The van der Waals surface area contributed by atoms with Crippen LogP contribution < -0.4 is 19.1 Å². The van der Waals surface area contributed by atoms with Crippen molar-refractivity contribution in [1.82, 2.24) is 10.2 Å². The van der Waals surface area contributed by atoms with Crippen molar-refractivity contribution in [1.29, 1.82) is 0 Å². The minimum absolute atomic E-state index is 0.00831. The van der Waals surface area contributed by atoms with E-state index in [4.69, 9.17) is 9.47 Å². The molecule has 0 aliphatic rings. The highest BCUT2D eigenvalue weighted by Crippen LogP contribution is 2.36. The summed E-state index contributed by atoms with van der Waals surface area (Å²) in [7, 11) is -1.37. The number of halogens is 1. The summed E-state index contributed by atoms with van der Waals surface area (Å²) in [6, 6.07) is 17.6. The molecule has 0 bridgehead atoms. The van der Waals surface area contributed by atoms with Crippen LogP contribution in [0.5, 0.6) is 11.5 Å². The highest BCUT2D eigenvalue weighted by molar-refractivity contribution is 9.10. The molecule has 0 fully saturated rings. The molecule has 2 amide bonds. The zero-order valence-corrected chi connectivity index (χ0v) is 26.3. The maximum Gasteiger partial charge on any atom is 0.264 e. The fraction of sp³-hybridized carbons (Fsp3) is 0.333. The molecule has 0 heterocycles. The van der Waals surface area contributed by atoms with Gasteiger partial charge in [-0.15, -0.1) is 0 Å². The minimum Gasteiger partial charge on any atom is -0.497 e. The normalized spacial score (nSPS) is 11.9. The van der Waals surface area contributed by atoms with E-state index in [1.165, 1.54) is 37.3 Å². The average molecular weight is 647 g/mol. The van der Waals surface area contributed by atoms with Gasteiger partial charge in [-0.3, -0.25) is 13.9 Å². The lowest BCUT2D eigenvalue weighted by molar-refractivity contribution is -0.139. The first-order valence-electron chi connectivity index (χ1n) is 13.1. The topological polar surface area (TPSA) is 105 Å². The Morgan fingerprint density at radius 2 is 1.63 bits per heavy atom. The summed E-state index contributed by atoms with van der Waals surface area (Å²) in [5.74, 6) is -0.268. The number of rotatable bonds is 13. The Morgan fingerprint density at radius 3 is 2.22 bits per heavy atom. The summed E-state index contributed by atoms with van der Waals surface area (Å²) >= 11 is 3.41. The molecule has 0 spiro atoms. The van der Waals surface area contributed by atoms with Crippen molar-refractivity contribution < 1.29 is 27.5 Å². The van der Waals surface area contributed by atoms with Crippen molar-refractivity contribution in [2.24, 2.45) is 0 Å². The van der Waals surface area contributed by atoms with E-state index < -0.39 is 28.5 Å². The molecule has 3 aromatic rings. The van der Waals surface area contributed by atoms with E-state index in [2.05, 4.69) is 21.2 Å². The second-order valence-corrected chi connectivity index (χ2v) is 12.3.